The molecule has 0 spiro atoms. The van der Waals surface area contributed by atoms with Crippen LogP contribution in [0.2, 0.25) is 0 Å². The molecule has 7 nitrogen and oxygen atoms in total. The number of hydrogen-bond donors (Lipinski definition) is 3. The number of benzene rings is 1. The normalized spacial score (nSPS) is 11.7. The first kappa shape index (κ1) is 23.4. The summed E-state index contributed by atoms with van der Waals surface area (Å²) in [5.41, 5.74) is 2.07. The summed E-state index contributed by atoms with van der Waals surface area (Å²) in [6.07, 6.45) is 2.40. The van der Waals surface area contributed by atoms with E-state index in [4.69, 9.17) is 9.56 Å². The van der Waals surface area contributed by atoms with E-state index in [2.05, 4.69) is 21.0 Å². The van der Waals surface area contributed by atoms with Crippen LogP contribution in [0, 0.1) is 0 Å². The minimum Gasteiger partial charge on any atom is -0.469 e. The van der Waals surface area contributed by atoms with Crippen molar-refractivity contribution in [3.05, 3.63) is 76.4 Å². The lowest BCUT2D eigenvalue weighted by Crippen LogP contribution is -2.38. The zero-order valence-corrected chi connectivity index (χ0v) is 19.5. The molecule has 0 saturated heterocycles. The van der Waals surface area contributed by atoms with Crippen LogP contribution < -0.4 is 15.8 Å². The van der Waals surface area contributed by atoms with Crippen molar-refractivity contribution >= 4 is 51.3 Å². The molecule has 1 aromatic carbocycles. The number of halogens is 1. The fourth-order valence-electron chi connectivity index (χ4n) is 2.47. The molecule has 0 bridgehead atoms. The number of primary sulfonamides is 1. The van der Waals surface area contributed by atoms with E-state index in [9.17, 15) is 8.42 Å². The zero-order valence-electron chi connectivity index (χ0n) is 15.6. The van der Waals surface area contributed by atoms with E-state index in [0.29, 0.717) is 25.6 Å². The van der Waals surface area contributed by atoms with Crippen LogP contribution in [-0.2, 0) is 29.5 Å². The summed E-state index contributed by atoms with van der Waals surface area (Å²) in [6, 6.07) is 12.3. The van der Waals surface area contributed by atoms with Crippen molar-refractivity contribution in [1.29, 1.82) is 0 Å². The van der Waals surface area contributed by atoms with Gasteiger partial charge in [0.05, 0.1) is 17.7 Å². The van der Waals surface area contributed by atoms with E-state index in [1.165, 1.54) is 12.1 Å². The first-order valence-corrected chi connectivity index (χ1v) is 11.2. The van der Waals surface area contributed by atoms with E-state index in [-0.39, 0.29) is 28.9 Å². The molecule has 0 aliphatic carbocycles. The topological polar surface area (TPSA) is 110 Å². The predicted octanol–water partition coefficient (Wildman–Crippen LogP) is 3.08. The Morgan fingerprint density at radius 3 is 2.52 bits per heavy atom. The van der Waals surface area contributed by atoms with Gasteiger partial charge in [0.15, 0.2) is 5.96 Å². The molecule has 0 radical (unpaired) electrons. The maximum Gasteiger partial charge on any atom is 0.238 e. The molecule has 4 N–H and O–H groups in total. The molecule has 0 atom stereocenters. The number of rotatable bonds is 8. The highest BCUT2D eigenvalue weighted by molar-refractivity contribution is 14.0. The lowest BCUT2D eigenvalue weighted by atomic mass is 10.2. The quantitative estimate of drug-likeness (QED) is 0.229. The summed E-state index contributed by atoms with van der Waals surface area (Å²) in [4.78, 5) is 4.71. The van der Waals surface area contributed by atoms with Gasteiger partial charge in [-0.2, -0.15) is 11.3 Å². The second-order valence-corrected chi connectivity index (χ2v) is 8.44. The Kier molecular flexibility index (Phi) is 9.14. The van der Waals surface area contributed by atoms with E-state index in [1.807, 2.05) is 23.6 Å². The predicted molar refractivity (Wildman–Crippen MR) is 126 cm³/mol. The van der Waals surface area contributed by atoms with Gasteiger partial charge < -0.3 is 15.1 Å². The average Bonchev–Trinajstić information content (AvgIpc) is 3.37. The summed E-state index contributed by atoms with van der Waals surface area (Å²) >= 11 is 1.64. The first-order chi connectivity index (χ1) is 13.5. The van der Waals surface area contributed by atoms with Crippen molar-refractivity contribution in [3.63, 3.8) is 0 Å². The minimum absolute atomic E-state index is 0. The van der Waals surface area contributed by atoms with E-state index < -0.39 is 10.0 Å². The number of nitrogens with two attached hydrogens (primary N) is 1. The van der Waals surface area contributed by atoms with Crippen molar-refractivity contribution in [1.82, 2.24) is 10.6 Å². The van der Waals surface area contributed by atoms with Crippen LogP contribution in [0.3, 0.4) is 0 Å². The highest BCUT2D eigenvalue weighted by Gasteiger charge is 2.07. The molecule has 10 heteroatoms. The van der Waals surface area contributed by atoms with Crippen LogP contribution in [0.5, 0.6) is 0 Å². The molecule has 3 aromatic rings. The van der Waals surface area contributed by atoms with Gasteiger partial charge in [-0.15, -0.1) is 24.0 Å². The summed E-state index contributed by atoms with van der Waals surface area (Å²) in [5, 5.41) is 15.8. The lowest BCUT2D eigenvalue weighted by Gasteiger charge is -2.12. The monoisotopic (exact) mass is 546 g/mol. The third kappa shape index (κ3) is 7.80. The molecule has 0 fully saturated rings. The lowest BCUT2D eigenvalue weighted by molar-refractivity contribution is 0.506. The Hall–Kier alpha value is -1.89. The van der Waals surface area contributed by atoms with Gasteiger partial charge in [0, 0.05) is 19.5 Å². The Morgan fingerprint density at radius 2 is 1.90 bits per heavy atom. The first-order valence-electron chi connectivity index (χ1n) is 8.68. The van der Waals surface area contributed by atoms with E-state index in [1.54, 1.807) is 29.7 Å². The SMILES string of the molecule is I.NS(=O)(=O)c1ccc(CNC(=NCc2ccsc2)NCCc2ccco2)cc1. The molecule has 3 rings (SSSR count). The third-order valence-corrected chi connectivity index (χ3v) is 5.62. The Labute approximate surface area is 191 Å². The maximum atomic E-state index is 11.3. The van der Waals surface area contributed by atoms with Crippen LogP contribution in [-0.4, -0.2) is 20.9 Å². The molecule has 2 heterocycles. The van der Waals surface area contributed by atoms with Crippen LogP contribution in [0.4, 0.5) is 0 Å². The number of thiophene rings is 1. The molecule has 29 heavy (non-hydrogen) atoms. The number of nitrogens with zero attached hydrogens (tertiary/aromatic N) is 1. The zero-order chi connectivity index (χ0) is 19.8. The second-order valence-electron chi connectivity index (χ2n) is 6.10. The number of guanidine groups is 1. The molecule has 0 amide bonds. The maximum absolute atomic E-state index is 11.3. The summed E-state index contributed by atoms with van der Waals surface area (Å²) < 4.78 is 28.0. The molecule has 0 saturated carbocycles. The van der Waals surface area contributed by atoms with Crippen molar-refractivity contribution in [3.8, 4) is 0 Å². The summed E-state index contributed by atoms with van der Waals surface area (Å²) in [5.74, 6) is 1.58. The smallest absolute Gasteiger partial charge is 0.238 e. The molecular weight excluding hydrogens is 523 g/mol. The fourth-order valence-corrected chi connectivity index (χ4v) is 3.64. The number of hydrogen-bond acceptors (Lipinski definition) is 5. The highest BCUT2D eigenvalue weighted by atomic mass is 127. The second kappa shape index (κ2) is 11.3. The standard InChI is InChI=1S/C19H22N4O3S2.HI/c20-28(24,25)18-5-3-15(4-6-18)12-22-19(23-13-16-8-11-27-14-16)21-9-7-17-2-1-10-26-17;/h1-6,8,10-11,14H,7,9,12-13H2,(H2,20,24,25)(H2,21,22,23);1H. The minimum atomic E-state index is -3.68. The van der Waals surface area contributed by atoms with Gasteiger partial charge in [-0.3, -0.25) is 0 Å². The summed E-state index contributed by atoms with van der Waals surface area (Å²) in [6.45, 7) is 1.75. The van der Waals surface area contributed by atoms with Crippen molar-refractivity contribution < 1.29 is 12.8 Å². The molecule has 2 aromatic heterocycles. The van der Waals surface area contributed by atoms with E-state index in [0.717, 1.165) is 23.3 Å². The largest absolute Gasteiger partial charge is 0.469 e. The van der Waals surface area contributed by atoms with Crippen LogP contribution in [0.15, 0.2) is 73.8 Å². The van der Waals surface area contributed by atoms with Gasteiger partial charge in [0.1, 0.15) is 5.76 Å². The molecule has 156 valence electrons. The van der Waals surface area contributed by atoms with Crippen molar-refractivity contribution in [2.24, 2.45) is 10.1 Å². The van der Waals surface area contributed by atoms with Gasteiger partial charge in [-0.1, -0.05) is 12.1 Å². The number of sulfonamides is 1. The Balaban J connectivity index is 0.00000300. The summed E-state index contributed by atoms with van der Waals surface area (Å²) in [7, 11) is -3.68. The number of aliphatic imine (C=N–C) groups is 1. The van der Waals surface area contributed by atoms with Crippen molar-refractivity contribution in [2.75, 3.05) is 6.54 Å². The Morgan fingerprint density at radius 1 is 1.10 bits per heavy atom. The van der Waals surface area contributed by atoms with Crippen LogP contribution in [0.1, 0.15) is 16.9 Å². The fraction of sp³-hybridized carbons (Fsp3) is 0.211. The average molecular weight is 546 g/mol. The van der Waals surface area contributed by atoms with Gasteiger partial charge >= 0.3 is 0 Å². The van der Waals surface area contributed by atoms with Gasteiger partial charge in [-0.25, -0.2) is 18.5 Å². The molecule has 0 unspecified atom stereocenters. The molecule has 0 aliphatic rings. The van der Waals surface area contributed by atoms with Gasteiger partial charge in [-0.05, 0) is 52.2 Å². The van der Waals surface area contributed by atoms with Crippen LogP contribution >= 0.6 is 35.3 Å². The molecule has 0 aliphatic heterocycles. The number of nitrogens with one attached hydrogen (secondary N) is 2. The third-order valence-electron chi connectivity index (χ3n) is 3.96. The van der Waals surface area contributed by atoms with Gasteiger partial charge in [0.2, 0.25) is 10.0 Å². The van der Waals surface area contributed by atoms with E-state index >= 15 is 0 Å². The number of furan rings is 1. The van der Waals surface area contributed by atoms with Gasteiger partial charge in [0.25, 0.3) is 0 Å². The van der Waals surface area contributed by atoms with Crippen LogP contribution in [0.25, 0.3) is 0 Å². The van der Waals surface area contributed by atoms with Crippen molar-refractivity contribution in [2.45, 2.75) is 24.4 Å². The highest BCUT2D eigenvalue weighted by Crippen LogP contribution is 2.09. The Bertz CT molecular complexity index is 987. The molecular formula is C19H23IN4O3S2.